The molecule has 1 saturated heterocycles. The summed E-state index contributed by atoms with van der Waals surface area (Å²) in [4.78, 5) is 18.5. The maximum Gasteiger partial charge on any atom is 0.251 e. The van der Waals surface area contributed by atoms with Gasteiger partial charge in [0.25, 0.3) is 5.91 Å². The van der Waals surface area contributed by atoms with Gasteiger partial charge < -0.3 is 15.0 Å². The van der Waals surface area contributed by atoms with Crippen LogP contribution in [-0.2, 0) is 13.1 Å². The van der Waals surface area contributed by atoms with E-state index in [1.807, 2.05) is 0 Å². The number of rotatable bonds is 5. The summed E-state index contributed by atoms with van der Waals surface area (Å²) in [6, 6.07) is 11.7. The number of amides is 1. The third-order valence-electron chi connectivity index (χ3n) is 5.56. The van der Waals surface area contributed by atoms with Gasteiger partial charge in [0.2, 0.25) is 0 Å². The molecule has 0 spiro atoms. The number of aliphatic hydroxyl groups is 1. The van der Waals surface area contributed by atoms with Crippen molar-refractivity contribution in [3.63, 3.8) is 0 Å². The Balaban J connectivity index is 1.39. The highest BCUT2D eigenvalue weighted by Gasteiger charge is 2.29. The van der Waals surface area contributed by atoms with Crippen molar-refractivity contribution in [1.82, 2.24) is 19.8 Å². The minimum Gasteiger partial charge on any atom is -0.390 e. The molecule has 1 fully saturated rings. The molecule has 2 atom stereocenters. The van der Waals surface area contributed by atoms with Crippen LogP contribution in [0.1, 0.15) is 29.3 Å². The highest BCUT2D eigenvalue weighted by molar-refractivity contribution is 5.94. The average molecular weight is 378 g/mol. The van der Waals surface area contributed by atoms with Crippen molar-refractivity contribution in [2.45, 2.75) is 38.6 Å². The van der Waals surface area contributed by atoms with Gasteiger partial charge in [-0.05, 0) is 43.2 Å². The molecule has 146 valence electrons. The van der Waals surface area contributed by atoms with E-state index in [2.05, 4.69) is 57.2 Å². The van der Waals surface area contributed by atoms with Gasteiger partial charge in [0, 0.05) is 61.2 Å². The van der Waals surface area contributed by atoms with Crippen molar-refractivity contribution in [2.24, 2.45) is 0 Å². The summed E-state index contributed by atoms with van der Waals surface area (Å²) in [6.45, 7) is 5.28. The Bertz CT molecular complexity index is 954. The lowest BCUT2D eigenvalue weighted by Gasteiger charge is -2.36. The Morgan fingerprint density at radius 3 is 2.82 bits per heavy atom. The van der Waals surface area contributed by atoms with Crippen LogP contribution in [0.3, 0.4) is 0 Å². The average Bonchev–Trinajstić information content (AvgIpc) is 3.15. The molecule has 28 heavy (non-hydrogen) atoms. The second kappa shape index (κ2) is 8.12. The van der Waals surface area contributed by atoms with Crippen LogP contribution in [0.4, 0.5) is 0 Å². The number of hydrogen-bond acceptors (Lipinski definition) is 4. The standard InChI is InChI=1S/C22H26N4O2/c1-2-26-13-8-18-17(4-3-5-20(18)26)14-25-12-9-19(21(27)15-25)24-22(28)16-6-10-23-11-7-16/h3-8,10-11,13,19,21,27H,2,9,12,14-15H2,1H3,(H,24,28)/t19-,21-/m1/s1. The van der Waals surface area contributed by atoms with Crippen LogP contribution in [0.2, 0.25) is 0 Å². The summed E-state index contributed by atoms with van der Waals surface area (Å²) in [6.07, 6.45) is 5.47. The molecule has 0 unspecified atom stereocenters. The second-order valence-electron chi connectivity index (χ2n) is 7.36. The second-order valence-corrected chi connectivity index (χ2v) is 7.36. The van der Waals surface area contributed by atoms with E-state index in [1.54, 1.807) is 24.5 Å². The van der Waals surface area contributed by atoms with Crippen LogP contribution in [0.5, 0.6) is 0 Å². The normalized spacial score (nSPS) is 20.4. The fraction of sp³-hybridized carbons (Fsp3) is 0.364. The number of hydrogen-bond donors (Lipinski definition) is 2. The number of nitrogens with zero attached hydrogens (tertiary/aromatic N) is 3. The molecular weight excluding hydrogens is 352 g/mol. The zero-order valence-electron chi connectivity index (χ0n) is 16.1. The minimum absolute atomic E-state index is 0.162. The molecule has 3 aromatic rings. The number of carbonyl (C=O) groups is 1. The van der Waals surface area contributed by atoms with Gasteiger partial charge in [-0.15, -0.1) is 0 Å². The van der Waals surface area contributed by atoms with E-state index in [1.165, 1.54) is 16.5 Å². The van der Waals surface area contributed by atoms with Gasteiger partial charge in [0.15, 0.2) is 0 Å². The van der Waals surface area contributed by atoms with Gasteiger partial charge >= 0.3 is 0 Å². The predicted molar refractivity (Wildman–Crippen MR) is 109 cm³/mol. The van der Waals surface area contributed by atoms with E-state index in [0.717, 1.165) is 26.1 Å². The molecule has 1 aliphatic heterocycles. The van der Waals surface area contributed by atoms with Crippen molar-refractivity contribution < 1.29 is 9.90 Å². The predicted octanol–water partition coefficient (Wildman–Crippen LogP) is 2.42. The molecule has 0 radical (unpaired) electrons. The van der Waals surface area contributed by atoms with Gasteiger partial charge in [0.1, 0.15) is 0 Å². The molecule has 0 saturated carbocycles. The van der Waals surface area contributed by atoms with Gasteiger partial charge in [-0.1, -0.05) is 12.1 Å². The largest absolute Gasteiger partial charge is 0.390 e. The monoisotopic (exact) mass is 378 g/mol. The fourth-order valence-corrected chi connectivity index (χ4v) is 4.01. The van der Waals surface area contributed by atoms with Crippen molar-refractivity contribution in [3.05, 3.63) is 66.1 Å². The molecule has 6 nitrogen and oxygen atoms in total. The Hall–Kier alpha value is -2.70. The first kappa shape index (κ1) is 18.7. The number of aromatic nitrogens is 2. The molecular formula is C22H26N4O2. The van der Waals surface area contributed by atoms with Gasteiger partial charge in [-0.2, -0.15) is 0 Å². The number of aliphatic hydroxyl groups excluding tert-OH is 1. The molecule has 6 heteroatoms. The van der Waals surface area contributed by atoms with Gasteiger partial charge in [-0.3, -0.25) is 14.7 Å². The van der Waals surface area contributed by atoms with Crippen molar-refractivity contribution in [2.75, 3.05) is 13.1 Å². The third-order valence-corrected chi connectivity index (χ3v) is 5.56. The van der Waals surface area contributed by atoms with Crippen molar-refractivity contribution in [1.29, 1.82) is 0 Å². The van der Waals surface area contributed by atoms with Crippen LogP contribution >= 0.6 is 0 Å². The van der Waals surface area contributed by atoms with Crippen LogP contribution < -0.4 is 5.32 Å². The maximum atomic E-state index is 12.3. The minimum atomic E-state index is -0.584. The number of pyridine rings is 1. The first-order chi connectivity index (χ1) is 13.7. The van der Waals surface area contributed by atoms with E-state index < -0.39 is 6.10 Å². The van der Waals surface area contributed by atoms with Crippen molar-refractivity contribution in [3.8, 4) is 0 Å². The van der Waals surface area contributed by atoms with E-state index >= 15 is 0 Å². The van der Waals surface area contributed by atoms with Gasteiger partial charge in [-0.25, -0.2) is 0 Å². The first-order valence-electron chi connectivity index (χ1n) is 9.83. The van der Waals surface area contributed by atoms with E-state index in [-0.39, 0.29) is 11.9 Å². The number of benzene rings is 1. The van der Waals surface area contributed by atoms with Crippen molar-refractivity contribution >= 4 is 16.8 Å². The molecule has 2 aromatic heterocycles. The molecule has 1 amide bonds. The summed E-state index contributed by atoms with van der Waals surface area (Å²) < 4.78 is 2.24. The van der Waals surface area contributed by atoms with Crippen LogP contribution in [-0.4, -0.2) is 50.7 Å². The Morgan fingerprint density at radius 1 is 1.25 bits per heavy atom. The van der Waals surface area contributed by atoms with E-state index in [9.17, 15) is 9.90 Å². The molecule has 1 aromatic carbocycles. The summed E-state index contributed by atoms with van der Waals surface area (Å²) in [5.74, 6) is -0.162. The Labute approximate surface area is 164 Å². The molecule has 0 aliphatic carbocycles. The number of likely N-dealkylation sites (tertiary alicyclic amines) is 1. The highest BCUT2D eigenvalue weighted by atomic mass is 16.3. The third kappa shape index (κ3) is 3.79. The fourth-order valence-electron chi connectivity index (χ4n) is 4.01. The SMILES string of the molecule is CCn1ccc2c(CN3CC[C@@H](NC(=O)c4ccncc4)[C@H](O)C3)cccc21. The maximum absolute atomic E-state index is 12.3. The summed E-state index contributed by atoms with van der Waals surface area (Å²) in [5, 5.41) is 14.8. The van der Waals surface area contributed by atoms with Crippen LogP contribution in [0.15, 0.2) is 55.0 Å². The Morgan fingerprint density at radius 2 is 2.07 bits per heavy atom. The topological polar surface area (TPSA) is 70.4 Å². The van der Waals surface area contributed by atoms with E-state index in [4.69, 9.17) is 0 Å². The number of carbonyl (C=O) groups excluding carboxylic acids is 1. The quantitative estimate of drug-likeness (QED) is 0.715. The zero-order chi connectivity index (χ0) is 19.5. The van der Waals surface area contributed by atoms with Gasteiger partial charge in [0.05, 0.1) is 12.1 Å². The molecule has 4 rings (SSSR count). The molecule has 1 aliphatic rings. The van der Waals surface area contributed by atoms with Crippen LogP contribution in [0.25, 0.3) is 10.9 Å². The van der Waals surface area contributed by atoms with E-state index in [0.29, 0.717) is 12.1 Å². The number of aryl methyl sites for hydroxylation is 1. The summed E-state index contributed by atoms with van der Waals surface area (Å²) in [5.41, 5.74) is 3.09. The number of fused-ring (bicyclic) bond motifs is 1. The molecule has 0 bridgehead atoms. The van der Waals surface area contributed by atoms with Crippen LogP contribution in [0, 0.1) is 0 Å². The number of β-amino-alcohol motifs (C(OH)–C–C–N with tert-alkyl or cyclic N) is 1. The summed E-state index contributed by atoms with van der Waals surface area (Å²) in [7, 11) is 0. The highest BCUT2D eigenvalue weighted by Crippen LogP contribution is 2.23. The number of piperidine rings is 1. The molecule has 3 heterocycles. The number of nitrogens with one attached hydrogen (secondary N) is 1. The lowest BCUT2D eigenvalue weighted by atomic mass is 10.00. The Kier molecular flexibility index (Phi) is 5.41. The smallest absolute Gasteiger partial charge is 0.251 e. The zero-order valence-corrected chi connectivity index (χ0v) is 16.1. The lowest BCUT2D eigenvalue weighted by molar-refractivity contribution is 0.0351. The molecule has 2 N–H and O–H groups in total. The summed E-state index contributed by atoms with van der Waals surface area (Å²) >= 11 is 0. The lowest BCUT2D eigenvalue weighted by Crippen LogP contribution is -2.53. The first-order valence-corrected chi connectivity index (χ1v) is 9.83.